The van der Waals surface area contributed by atoms with Crippen LogP contribution >= 0.6 is 24.8 Å². The first-order valence-electron chi connectivity index (χ1n) is 3.37. The zero-order chi connectivity index (χ0) is 9.19. The molecule has 6 nitrogen and oxygen atoms in total. The van der Waals surface area contributed by atoms with Gasteiger partial charge in [0.1, 0.15) is 18.2 Å². The molecule has 1 atom stereocenters. The van der Waals surface area contributed by atoms with Crippen LogP contribution in [0.1, 0.15) is 6.92 Å². The van der Waals surface area contributed by atoms with E-state index in [0.717, 1.165) is 0 Å². The molecule has 0 aliphatic carbocycles. The van der Waals surface area contributed by atoms with Crippen molar-refractivity contribution < 1.29 is 9.90 Å². The summed E-state index contributed by atoms with van der Waals surface area (Å²) in [5, 5.41) is 12.4. The minimum atomic E-state index is -1.30. The van der Waals surface area contributed by atoms with Crippen LogP contribution in [0.25, 0.3) is 0 Å². The van der Waals surface area contributed by atoms with Gasteiger partial charge in [0.25, 0.3) is 0 Å². The van der Waals surface area contributed by atoms with E-state index in [4.69, 9.17) is 10.8 Å². The second kappa shape index (κ2) is 5.79. The summed E-state index contributed by atoms with van der Waals surface area (Å²) in [5.41, 5.74) is 4.16. The van der Waals surface area contributed by atoms with E-state index >= 15 is 0 Å². The van der Waals surface area contributed by atoms with Crippen LogP contribution in [-0.4, -0.2) is 31.4 Å². The maximum Gasteiger partial charge on any atom is 0.325 e. The molecule has 1 aromatic rings. The lowest BCUT2D eigenvalue weighted by Crippen LogP contribution is -2.48. The molecule has 0 saturated heterocycles. The van der Waals surface area contributed by atoms with Crippen LogP contribution in [0.15, 0.2) is 12.7 Å². The van der Waals surface area contributed by atoms with E-state index < -0.39 is 11.5 Å². The summed E-state index contributed by atoms with van der Waals surface area (Å²) >= 11 is 0. The van der Waals surface area contributed by atoms with Crippen LogP contribution in [-0.2, 0) is 11.3 Å². The molecule has 1 rings (SSSR count). The lowest BCUT2D eigenvalue weighted by atomic mass is 10.1. The summed E-state index contributed by atoms with van der Waals surface area (Å²) < 4.78 is 1.38. The van der Waals surface area contributed by atoms with E-state index in [-0.39, 0.29) is 31.4 Å². The molecule has 0 amide bonds. The molecule has 0 saturated carbocycles. The first-order valence-corrected chi connectivity index (χ1v) is 3.37. The van der Waals surface area contributed by atoms with Gasteiger partial charge in [-0.1, -0.05) is 0 Å². The monoisotopic (exact) mass is 242 g/mol. The van der Waals surface area contributed by atoms with Crippen LogP contribution in [0.3, 0.4) is 0 Å². The van der Waals surface area contributed by atoms with Crippen molar-refractivity contribution in [1.29, 1.82) is 0 Å². The van der Waals surface area contributed by atoms with Crippen molar-refractivity contribution in [2.45, 2.75) is 19.0 Å². The van der Waals surface area contributed by atoms with Crippen LogP contribution in [0.5, 0.6) is 0 Å². The molecule has 3 N–H and O–H groups in total. The number of hydrogen-bond donors (Lipinski definition) is 2. The Morgan fingerprint density at radius 2 is 2.21 bits per heavy atom. The molecule has 1 heterocycles. The standard InChI is InChI=1S/C6H10N4O2.2ClH/c1-6(7,5(11)12)2-10-4-8-3-9-10;;/h3-4H,2,7H2,1H3,(H,11,12);2*1H. The maximum absolute atomic E-state index is 10.6. The predicted octanol–water partition coefficient (Wildman–Crippen LogP) is -0.0763. The third-order valence-corrected chi connectivity index (χ3v) is 1.45. The van der Waals surface area contributed by atoms with Gasteiger partial charge in [-0.05, 0) is 6.92 Å². The normalized spacial score (nSPS) is 13.3. The molecule has 0 aliphatic heterocycles. The number of halogens is 2. The second-order valence-electron chi connectivity index (χ2n) is 2.82. The van der Waals surface area contributed by atoms with E-state index in [1.165, 1.54) is 24.3 Å². The molecule has 0 bridgehead atoms. The average molecular weight is 243 g/mol. The number of hydrogen-bond acceptors (Lipinski definition) is 4. The number of nitrogens with zero attached hydrogens (tertiary/aromatic N) is 3. The third-order valence-electron chi connectivity index (χ3n) is 1.45. The van der Waals surface area contributed by atoms with Crippen molar-refractivity contribution in [3.63, 3.8) is 0 Å². The van der Waals surface area contributed by atoms with E-state index in [9.17, 15) is 4.79 Å². The quantitative estimate of drug-likeness (QED) is 0.774. The maximum atomic E-state index is 10.6. The van der Waals surface area contributed by atoms with E-state index in [1.54, 1.807) is 0 Å². The van der Waals surface area contributed by atoms with Crippen LogP contribution < -0.4 is 5.73 Å². The van der Waals surface area contributed by atoms with Gasteiger partial charge in [-0.3, -0.25) is 9.48 Å². The van der Waals surface area contributed by atoms with Gasteiger partial charge in [-0.15, -0.1) is 24.8 Å². The second-order valence-corrected chi connectivity index (χ2v) is 2.82. The largest absolute Gasteiger partial charge is 0.480 e. The Balaban J connectivity index is 0. The van der Waals surface area contributed by atoms with E-state index in [1.807, 2.05) is 0 Å². The molecule has 0 aliphatic rings. The Hall–Kier alpha value is -0.850. The number of carboxylic acids is 1. The Morgan fingerprint density at radius 3 is 2.57 bits per heavy atom. The number of aromatic nitrogens is 3. The van der Waals surface area contributed by atoms with Crippen molar-refractivity contribution in [3.05, 3.63) is 12.7 Å². The van der Waals surface area contributed by atoms with Gasteiger partial charge in [0, 0.05) is 0 Å². The lowest BCUT2D eigenvalue weighted by Gasteiger charge is -2.17. The molecule has 0 fully saturated rings. The minimum Gasteiger partial charge on any atom is -0.480 e. The first kappa shape index (κ1) is 15.6. The third kappa shape index (κ3) is 3.91. The zero-order valence-electron chi connectivity index (χ0n) is 7.45. The summed E-state index contributed by atoms with van der Waals surface area (Å²) in [6, 6.07) is 0. The molecule has 1 unspecified atom stereocenters. The Labute approximate surface area is 93.3 Å². The van der Waals surface area contributed by atoms with Crippen LogP contribution in [0.2, 0.25) is 0 Å². The van der Waals surface area contributed by atoms with E-state index in [0.29, 0.717) is 0 Å². The molecule has 1 aromatic heterocycles. The fourth-order valence-corrected chi connectivity index (χ4v) is 0.719. The average Bonchev–Trinajstić information content (AvgIpc) is 2.38. The minimum absolute atomic E-state index is 0. The topological polar surface area (TPSA) is 94.0 Å². The molecule has 0 spiro atoms. The molecule has 82 valence electrons. The molecule has 0 radical (unpaired) electrons. The highest BCUT2D eigenvalue weighted by Crippen LogP contribution is 2.01. The highest BCUT2D eigenvalue weighted by atomic mass is 35.5. The molecular weight excluding hydrogens is 231 g/mol. The van der Waals surface area contributed by atoms with Gasteiger partial charge in [0.15, 0.2) is 0 Å². The van der Waals surface area contributed by atoms with Crippen molar-refractivity contribution >= 4 is 30.8 Å². The first-order chi connectivity index (χ1) is 5.52. The van der Waals surface area contributed by atoms with Gasteiger partial charge >= 0.3 is 5.97 Å². The molecular formula is C6H12Cl2N4O2. The SMILES string of the molecule is CC(N)(Cn1cncn1)C(=O)O.Cl.Cl. The predicted molar refractivity (Wildman–Crippen MR) is 54.7 cm³/mol. The fourth-order valence-electron chi connectivity index (χ4n) is 0.719. The van der Waals surface area contributed by atoms with Crippen molar-refractivity contribution in [2.24, 2.45) is 5.73 Å². The number of aliphatic carboxylic acids is 1. The van der Waals surface area contributed by atoms with Crippen molar-refractivity contribution in [1.82, 2.24) is 14.8 Å². The number of rotatable bonds is 3. The van der Waals surface area contributed by atoms with Gasteiger partial charge in [-0.2, -0.15) is 5.10 Å². The van der Waals surface area contributed by atoms with Gasteiger partial charge in [-0.25, -0.2) is 4.98 Å². The summed E-state index contributed by atoms with van der Waals surface area (Å²) in [6.07, 6.45) is 2.76. The molecule has 14 heavy (non-hydrogen) atoms. The molecule has 8 heteroatoms. The lowest BCUT2D eigenvalue weighted by molar-refractivity contribution is -0.143. The molecule has 0 aromatic carbocycles. The van der Waals surface area contributed by atoms with Gasteiger partial charge in [0.05, 0.1) is 6.54 Å². The highest BCUT2D eigenvalue weighted by molar-refractivity contribution is 5.85. The highest BCUT2D eigenvalue weighted by Gasteiger charge is 2.28. The number of carboxylic acid groups (broad SMARTS) is 1. The number of nitrogens with two attached hydrogens (primary N) is 1. The summed E-state index contributed by atoms with van der Waals surface area (Å²) in [6.45, 7) is 1.54. The van der Waals surface area contributed by atoms with Crippen LogP contribution in [0.4, 0.5) is 0 Å². The Morgan fingerprint density at radius 1 is 1.64 bits per heavy atom. The Kier molecular flexibility index (Phi) is 6.46. The van der Waals surface area contributed by atoms with Crippen molar-refractivity contribution in [2.75, 3.05) is 0 Å². The van der Waals surface area contributed by atoms with Gasteiger partial charge < -0.3 is 10.8 Å². The Bertz CT molecular complexity index is 275. The van der Waals surface area contributed by atoms with Crippen LogP contribution in [0, 0.1) is 0 Å². The summed E-state index contributed by atoms with van der Waals surface area (Å²) in [7, 11) is 0. The summed E-state index contributed by atoms with van der Waals surface area (Å²) in [5.74, 6) is -1.06. The van der Waals surface area contributed by atoms with Crippen molar-refractivity contribution in [3.8, 4) is 0 Å². The number of carbonyl (C=O) groups is 1. The van der Waals surface area contributed by atoms with Gasteiger partial charge in [0.2, 0.25) is 0 Å². The fraction of sp³-hybridized carbons (Fsp3) is 0.500. The van der Waals surface area contributed by atoms with E-state index in [2.05, 4.69) is 10.1 Å². The summed E-state index contributed by atoms with van der Waals surface area (Å²) in [4.78, 5) is 14.2. The smallest absolute Gasteiger partial charge is 0.325 e. The zero-order valence-corrected chi connectivity index (χ0v) is 9.09.